The van der Waals surface area contributed by atoms with E-state index in [0.29, 0.717) is 0 Å². The van der Waals surface area contributed by atoms with Crippen LogP contribution in [0.15, 0.2) is 340 Å². The molecule has 0 N–H and O–H groups in total. The molecule has 4 heterocycles. The minimum Gasteiger partial charge on any atom is -0.333 e. The van der Waals surface area contributed by atoms with Crippen molar-refractivity contribution in [1.29, 1.82) is 0 Å². The number of fused-ring (bicyclic) bond motifs is 12. The molecule has 2 aliphatic carbocycles. The number of hydrogen-bond acceptors (Lipinski definition) is 4. The predicted octanol–water partition coefficient (Wildman–Crippen LogP) is 21.9. The van der Waals surface area contributed by atoms with Gasteiger partial charge in [-0.3, -0.25) is 0 Å². The Morgan fingerprint density at radius 1 is 0.244 bits per heavy atom. The average molecular weight is 1150 g/mol. The molecule has 18 rings (SSSR count). The first-order valence-corrected chi connectivity index (χ1v) is 31.3. The minimum absolute atomic E-state index is 0.185. The lowest BCUT2D eigenvalue weighted by atomic mass is 9.91. The first-order chi connectivity index (χ1) is 44.7. The molecule has 4 atom stereocenters. The number of hydrogen-bond donors (Lipinski definition) is 0. The van der Waals surface area contributed by atoms with E-state index < -0.39 is 0 Å². The van der Waals surface area contributed by atoms with Crippen LogP contribution in [0.25, 0.3) is 66.1 Å². The molecule has 4 unspecified atom stereocenters. The summed E-state index contributed by atoms with van der Waals surface area (Å²) in [6.45, 7) is 0. The van der Waals surface area contributed by atoms with Crippen molar-refractivity contribution in [2.24, 2.45) is 0 Å². The number of aromatic nitrogens is 2. The van der Waals surface area contributed by atoms with Gasteiger partial charge in [-0.15, -0.1) is 0 Å². The van der Waals surface area contributed by atoms with Gasteiger partial charge in [0.05, 0.1) is 34.2 Å². The Hall–Kier alpha value is -11.6. The number of allylic oxidation sites excluding steroid dienone is 4. The van der Waals surface area contributed by atoms with Gasteiger partial charge >= 0.3 is 0 Å². The highest BCUT2D eigenvalue weighted by Gasteiger charge is 2.40. The van der Waals surface area contributed by atoms with Crippen LogP contribution >= 0.6 is 0 Å². The van der Waals surface area contributed by atoms with Crippen molar-refractivity contribution in [3.05, 3.63) is 351 Å². The van der Waals surface area contributed by atoms with E-state index in [1.807, 2.05) is 0 Å². The van der Waals surface area contributed by atoms with Crippen LogP contribution in [0, 0.1) is 0 Å². The van der Waals surface area contributed by atoms with Crippen molar-refractivity contribution >= 4 is 100 Å². The molecule has 90 heavy (non-hydrogen) atoms. The fraction of sp³-hybridized carbons (Fsp3) is 0.0476. The molecule has 0 bridgehead atoms. The Bertz CT molecular complexity index is 4880. The Kier molecular flexibility index (Phi) is 12.1. The zero-order chi connectivity index (χ0) is 59.2. The first kappa shape index (κ1) is 51.6. The van der Waals surface area contributed by atoms with Crippen LogP contribution in [0.1, 0.15) is 23.0 Å². The quantitative estimate of drug-likeness (QED) is 0.129. The van der Waals surface area contributed by atoms with Gasteiger partial charge < -0.3 is 28.7 Å². The Balaban J connectivity index is 0.750. The molecular formula is C84H60N6. The summed E-state index contributed by atoms with van der Waals surface area (Å²) >= 11 is 0. The highest BCUT2D eigenvalue weighted by molar-refractivity contribution is 6.12. The summed E-state index contributed by atoms with van der Waals surface area (Å²) in [6, 6.07) is 108. The van der Waals surface area contributed by atoms with E-state index in [0.717, 1.165) is 56.6 Å². The van der Waals surface area contributed by atoms with E-state index in [-0.39, 0.29) is 23.9 Å². The van der Waals surface area contributed by atoms with E-state index in [1.165, 1.54) is 77.5 Å². The highest BCUT2D eigenvalue weighted by atomic mass is 15.2. The molecule has 2 aliphatic heterocycles. The molecule has 6 nitrogen and oxygen atoms in total. The summed E-state index contributed by atoms with van der Waals surface area (Å²) in [4.78, 5) is 9.92. The number of nitrogens with zero attached hydrogens (tertiary/aromatic N) is 6. The summed E-state index contributed by atoms with van der Waals surface area (Å²) < 4.78 is 4.79. The highest BCUT2D eigenvalue weighted by Crippen LogP contribution is 2.53. The maximum atomic E-state index is 2.51. The second kappa shape index (κ2) is 21.1. The monoisotopic (exact) mass is 1150 g/mol. The lowest BCUT2D eigenvalue weighted by Crippen LogP contribution is -2.28. The maximum absolute atomic E-state index is 2.51. The number of benzene rings is 12. The van der Waals surface area contributed by atoms with Crippen molar-refractivity contribution in [2.75, 3.05) is 19.6 Å². The van der Waals surface area contributed by atoms with Crippen molar-refractivity contribution in [1.82, 2.24) is 9.13 Å². The minimum atomic E-state index is 0.185. The standard InChI is InChI=1S/C84H60N6/c1-5-21-59(22-6-1)87-77-33-17-13-29-69(77)73-53-65(45-49-81(73)87)85(66-46-50-82-74(54-66)70-30-14-18-34-78(70)88(82)60-23-7-2-8-24-60)63-41-37-57(38-42-63)58-39-43-64(44-40-58)86(67-47-51-83-75(55-67)71-31-15-19-35-79(71)89(83)61-25-9-3-10-26-61)68-48-52-84-76(56-68)72-32-16-20-36-80(72)90(84)62-27-11-4-12-28-62/h1-56,69,71,77,79H. The van der Waals surface area contributed by atoms with Crippen molar-refractivity contribution < 1.29 is 0 Å². The zero-order valence-corrected chi connectivity index (χ0v) is 49.3. The molecule has 6 heteroatoms. The van der Waals surface area contributed by atoms with Crippen molar-refractivity contribution in [2.45, 2.75) is 23.9 Å². The Morgan fingerprint density at radius 2 is 0.567 bits per heavy atom. The van der Waals surface area contributed by atoms with Gasteiger partial charge in [-0.1, -0.05) is 182 Å². The molecule has 0 fully saturated rings. The largest absolute Gasteiger partial charge is 0.333 e. The van der Waals surface area contributed by atoms with Gasteiger partial charge in [0.2, 0.25) is 0 Å². The van der Waals surface area contributed by atoms with E-state index in [1.54, 1.807) is 0 Å². The van der Waals surface area contributed by atoms with Crippen LogP contribution < -0.4 is 19.6 Å². The lowest BCUT2D eigenvalue weighted by Gasteiger charge is -2.29. The summed E-state index contributed by atoms with van der Waals surface area (Å²) in [6.07, 6.45) is 18.3. The van der Waals surface area contributed by atoms with Gasteiger partial charge in [0.1, 0.15) is 0 Å². The summed E-state index contributed by atoms with van der Waals surface area (Å²) in [5.41, 5.74) is 23.4. The van der Waals surface area contributed by atoms with Gasteiger partial charge in [-0.25, -0.2) is 0 Å². The lowest BCUT2D eigenvalue weighted by molar-refractivity contribution is 0.745. The fourth-order valence-electron chi connectivity index (χ4n) is 15.1. The van der Waals surface area contributed by atoms with Crippen LogP contribution in [0.3, 0.4) is 0 Å². The van der Waals surface area contributed by atoms with Crippen LogP contribution in [-0.2, 0) is 0 Å². The molecular weight excluding hydrogens is 1090 g/mol. The van der Waals surface area contributed by atoms with Crippen molar-refractivity contribution in [3.8, 4) is 22.5 Å². The van der Waals surface area contributed by atoms with Gasteiger partial charge in [0, 0.05) is 102 Å². The molecule has 14 aromatic rings. The SMILES string of the molecule is C1=CC2c3cc(N(c4ccc(-c5ccc(N(c6ccc7c(c6)C6C=CC=CC6N7c6ccccc6)c6ccc7c(c6)c6ccccc6n7-c6ccccc6)cc5)cc4)c4ccc5c(c4)c4ccccc4n5-c4ccccc4)ccc3N(c3ccccc3)C2C=C1. The van der Waals surface area contributed by atoms with Gasteiger partial charge in [-0.05, 0) is 180 Å². The van der Waals surface area contributed by atoms with Crippen molar-refractivity contribution in [3.63, 3.8) is 0 Å². The predicted molar refractivity (Wildman–Crippen MR) is 377 cm³/mol. The fourth-order valence-corrected chi connectivity index (χ4v) is 15.1. The summed E-state index contributed by atoms with van der Waals surface area (Å²) in [5.74, 6) is 0.408. The third kappa shape index (κ3) is 8.33. The molecule has 4 aliphatic rings. The number of anilines is 10. The third-order valence-corrected chi connectivity index (χ3v) is 19.1. The molecule has 2 aromatic heterocycles. The van der Waals surface area contributed by atoms with E-state index >= 15 is 0 Å². The van der Waals surface area contributed by atoms with Crippen LogP contribution in [0.2, 0.25) is 0 Å². The topological polar surface area (TPSA) is 22.8 Å². The average Bonchev–Trinajstić information content (AvgIpc) is 1.72. The molecule has 12 aromatic carbocycles. The molecule has 0 saturated heterocycles. The molecule has 0 saturated carbocycles. The van der Waals surface area contributed by atoms with Gasteiger partial charge in [0.15, 0.2) is 0 Å². The van der Waals surface area contributed by atoms with Crippen LogP contribution in [-0.4, -0.2) is 21.2 Å². The number of para-hydroxylation sites is 6. The van der Waals surface area contributed by atoms with Crippen LogP contribution in [0.5, 0.6) is 0 Å². The molecule has 0 radical (unpaired) electrons. The summed E-state index contributed by atoms with van der Waals surface area (Å²) in [7, 11) is 0. The van der Waals surface area contributed by atoms with Crippen LogP contribution in [0.4, 0.5) is 56.9 Å². The smallest absolute Gasteiger partial charge is 0.0629 e. The van der Waals surface area contributed by atoms with Gasteiger partial charge in [0.25, 0.3) is 0 Å². The number of rotatable bonds is 11. The third-order valence-electron chi connectivity index (χ3n) is 19.1. The Morgan fingerprint density at radius 3 is 0.978 bits per heavy atom. The van der Waals surface area contributed by atoms with E-state index in [4.69, 9.17) is 0 Å². The second-order valence-electron chi connectivity index (χ2n) is 24.0. The molecule has 0 spiro atoms. The first-order valence-electron chi connectivity index (χ1n) is 31.3. The molecule has 426 valence electrons. The van der Waals surface area contributed by atoms with E-state index in [2.05, 4.69) is 369 Å². The Labute approximate surface area is 523 Å². The van der Waals surface area contributed by atoms with Gasteiger partial charge in [-0.2, -0.15) is 0 Å². The second-order valence-corrected chi connectivity index (χ2v) is 24.0. The van der Waals surface area contributed by atoms with E-state index in [9.17, 15) is 0 Å². The zero-order valence-electron chi connectivity index (χ0n) is 49.3. The summed E-state index contributed by atoms with van der Waals surface area (Å²) in [5, 5.41) is 4.86. The maximum Gasteiger partial charge on any atom is 0.0629 e. The normalized spacial score (nSPS) is 16.9. The molecule has 0 amide bonds.